The van der Waals surface area contributed by atoms with Crippen molar-refractivity contribution in [2.24, 2.45) is 0 Å². The van der Waals surface area contributed by atoms with Gasteiger partial charge < -0.3 is 0 Å². The Morgan fingerprint density at radius 2 is 0.978 bits per heavy atom. The first-order valence-corrected chi connectivity index (χ1v) is 15.9. The van der Waals surface area contributed by atoms with Crippen LogP contribution >= 0.6 is 11.3 Å². The lowest BCUT2D eigenvalue weighted by molar-refractivity contribution is 1.08. The van der Waals surface area contributed by atoms with E-state index in [2.05, 4.69) is 133 Å². The van der Waals surface area contributed by atoms with Gasteiger partial charge in [-0.25, -0.2) is 15.0 Å². The molecule has 2 heterocycles. The quantitative estimate of drug-likeness (QED) is 0.204. The van der Waals surface area contributed by atoms with Crippen molar-refractivity contribution >= 4 is 53.1 Å². The molecule has 45 heavy (non-hydrogen) atoms. The number of hydrogen-bond donors (Lipinski definition) is 0. The molecule has 0 N–H and O–H groups in total. The third-order valence-corrected chi connectivity index (χ3v) is 9.67. The van der Waals surface area contributed by atoms with Crippen molar-refractivity contribution in [1.29, 1.82) is 0 Å². The lowest BCUT2D eigenvalue weighted by Crippen LogP contribution is -2.00. The van der Waals surface area contributed by atoms with E-state index in [1.807, 2.05) is 29.5 Å². The molecule has 0 spiro atoms. The van der Waals surface area contributed by atoms with Crippen molar-refractivity contribution in [1.82, 2.24) is 15.0 Å². The molecule has 0 aliphatic heterocycles. The summed E-state index contributed by atoms with van der Waals surface area (Å²) >= 11 is 1.85. The molecule has 2 aromatic heterocycles. The van der Waals surface area contributed by atoms with E-state index in [-0.39, 0.29) is 0 Å². The van der Waals surface area contributed by atoms with Crippen molar-refractivity contribution in [3.8, 4) is 45.3 Å². The first-order chi connectivity index (χ1) is 22.3. The summed E-state index contributed by atoms with van der Waals surface area (Å²) in [5, 5.41) is 7.23. The van der Waals surface area contributed by atoms with Crippen molar-refractivity contribution < 1.29 is 0 Å². The monoisotopic (exact) mass is 591 g/mol. The van der Waals surface area contributed by atoms with E-state index in [1.54, 1.807) is 0 Å². The summed E-state index contributed by atoms with van der Waals surface area (Å²) < 4.78 is 2.60. The van der Waals surface area contributed by atoms with Crippen LogP contribution in [0.4, 0.5) is 0 Å². The second-order valence-corrected chi connectivity index (χ2v) is 12.3. The van der Waals surface area contributed by atoms with Gasteiger partial charge in [0.15, 0.2) is 17.5 Å². The Bertz CT molecular complexity index is 2550. The van der Waals surface area contributed by atoms with Crippen LogP contribution < -0.4 is 0 Å². The van der Waals surface area contributed by atoms with E-state index in [0.717, 1.165) is 27.5 Å². The lowest BCUT2D eigenvalue weighted by Gasteiger charge is -2.14. The van der Waals surface area contributed by atoms with Gasteiger partial charge in [-0.05, 0) is 56.9 Å². The minimum Gasteiger partial charge on any atom is -0.208 e. The molecular formula is C41H25N3S. The van der Waals surface area contributed by atoms with Crippen LogP contribution in [-0.2, 0) is 0 Å². The van der Waals surface area contributed by atoms with Crippen molar-refractivity contribution in [2.75, 3.05) is 0 Å². The van der Waals surface area contributed by atoms with Crippen LogP contribution in [0.1, 0.15) is 0 Å². The Balaban J connectivity index is 1.28. The first kappa shape index (κ1) is 25.8. The van der Waals surface area contributed by atoms with Gasteiger partial charge in [-0.15, -0.1) is 11.3 Å². The van der Waals surface area contributed by atoms with Crippen molar-refractivity contribution in [3.63, 3.8) is 0 Å². The SMILES string of the molecule is c1ccc(-c2nc(-c3ccc4ccccc4c3)nc(-c3ccc(-c4cccc5sc6ccccc6c45)c4ccccc34)n2)cc1. The van der Waals surface area contributed by atoms with Crippen LogP contribution in [0.25, 0.3) is 87.0 Å². The molecule has 0 unspecified atom stereocenters. The van der Waals surface area contributed by atoms with E-state index < -0.39 is 0 Å². The highest BCUT2D eigenvalue weighted by molar-refractivity contribution is 7.25. The highest BCUT2D eigenvalue weighted by Gasteiger charge is 2.18. The molecule has 9 aromatic rings. The maximum atomic E-state index is 5.12. The second kappa shape index (κ2) is 10.5. The third kappa shape index (κ3) is 4.38. The summed E-state index contributed by atoms with van der Waals surface area (Å²) in [6.07, 6.45) is 0. The number of hydrogen-bond acceptors (Lipinski definition) is 4. The highest BCUT2D eigenvalue weighted by Crippen LogP contribution is 2.43. The Kier molecular flexibility index (Phi) is 6.00. The summed E-state index contributed by atoms with van der Waals surface area (Å²) in [6.45, 7) is 0. The second-order valence-electron chi connectivity index (χ2n) is 11.2. The highest BCUT2D eigenvalue weighted by atomic mass is 32.1. The summed E-state index contributed by atoms with van der Waals surface area (Å²) in [6, 6.07) is 53.3. The average molecular weight is 592 g/mol. The Morgan fingerprint density at radius 1 is 0.356 bits per heavy atom. The van der Waals surface area contributed by atoms with Crippen LogP contribution in [0.2, 0.25) is 0 Å². The number of thiophene rings is 1. The van der Waals surface area contributed by atoms with Crippen molar-refractivity contribution in [3.05, 3.63) is 152 Å². The molecule has 0 aliphatic rings. The van der Waals surface area contributed by atoms with Crippen LogP contribution in [0.15, 0.2) is 152 Å². The molecule has 0 saturated heterocycles. The number of rotatable bonds is 4. The van der Waals surface area contributed by atoms with E-state index in [4.69, 9.17) is 15.0 Å². The zero-order chi connectivity index (χ0) is 29.7. The summed E-state index contributed by atoms with van der Waals surface area (Å²) in [4.78, 5) is 15.2. The fourth-order valence-corrected chi connectivity index (χ4v) is 7.53. The first-order valence-electron chi connectivity index (χ1n) is 15.0. The number of nitrogens with zero attached hydrogens (tertiary/aromatic N) is 3. The molecule has 9 rings (SSSR count). The van der Waals surface area contributed by atoms with Crippen LogP contribution in [0.5, 0.6) is 0 Å². The van der Waals surface area contributed by atoms with Gasteiger partial charge in [0.1, 0.15) is 0 Å². The standard InChI is InChI=1S/C41H25N3S/c1-2-12-27(13-3-1)39-42-40(29-22-21-26-11-4-5-14-28(26)25-29)44-41(43-39)34-24-23-32(30-15-6-7-16-31(30)34)33-18-10-20-37-38(33)35-17-8-9-19-36(35)45-37/h1-25H. The molecule has 0 amide bonds. The molecular weight excluding hydrogens is 567 g/mol. The van der Waals surface area contributed by atoms with Gasteiger partial charge >= 0.3 is 0 Å². The van der Waals surface area contributed by atoms with Gasteiger partial charge in [-0.3, -0.25) is 0 Å². The molecule has 4 heteroatoms. The third-order valence-electron chi connectivity index (χ3n) is 8.53. The minimum absolute atomic E-state index is 0.659. The van der Waals surface area contributed by atoms with E-state index >= 15 is 0 Å². The smallest absolute Gasteiger partial charge is 0.164 e. The van der Waals surface area contributed by atoms with Gasteiger partial charge in [-0.1, -0.05) is 127 Å². The van der Waals surface area contributed by atoms with Gasteiger partial charge in [0.2, 0.25) is 0 Å². The fourth-order valence-electron chi connectivity index (χ4n) is 6.40. The molecule has 0 fully saturated rings. The van der Waals surface area contributed by atoms with Gasteiger partial charge in [0.25, 0.3) is 0 Å². The van der Waals surface area contributed by atoms with Gasteiger partial charge in [0.05, 0.1) is 0 Å². The van der Waals surface area contributed by atoms with Crippen LogP contribution in [0.3, 0.4) is 0 Å². The maximum absolute atomic E-state index is 5.12. The lowest BCUT2D eigenvalue weighted by atomic mass is 9.92. The predicted octanol–water partition coefficient (Wildman–Crippen LogP) is 11.2. The molecule has 210 valence electrons. The Labute approximate surface area is 264 Å². The summed E-state index contributed by atoms with van der Waals surface area (Å²) in [7, 11) is 0. The van der Waals surface area contributed by atoms with E-state index in [1.165, 1.54) is 42.1 Å². The summed E-state index contributed by atoms with van der Waals surface area (Å²) in [5.41, 5.74) is 5.35. The average Bonchev–Trinajstić information content (AvgIpc) is 3.50. The molecule has 7 aromatic carbocycles. The number of benzene rings is 7. The largest absolute Gasteiger partial charge is 0.208 e. The van der Waals surface area contributed by atoms with Crippen LogP contribution in [0, 0.1) is 0 Å². The van der Waals surface area contributed by atoms with Gasteiger partial charge in [0, 0.05) is 36.9 Å². The summed E-state index contributed by atoms with van der Waals surface area (Å²) in [5.74, 6) is 1.98. The topological polar surface area (TPSA) is 38.7 Å². The number of aromatic nitrogens is 3. The zero-order valence-corrected chi connectivity index (χ0v) is 25.0. The van der Waals surface area contributed by atoms with Crippen LogP contribution in [-0.4, -0.2) is 15.0 Å². The molecule has 0 atom stereocenters. The number of fused-ring (bicyclic) bond motifs is 5. The fraction of sp³-hybridized carbons (Fsp3) is 0. The van der Waals surface area contributed by atoms with Gasteiger partial charge in [-0.2, -0.15) is 0 Å². The van der Waals surface area contributed by atoms with E-state index in [9.17, 15) is 0 Å². The molecule has 0 aliphatic carbocycles. The normalized spacial score (nSPS) is 11.6. The Morgan fingerprint density at radius 3 is 1.82 bits per heavy atom. The minimum atomic E-state index is 0.659. The Hall–Kier alpha value is -5.71. The maximum Gasteiger partial charge on any atom is 0.164 e. The predicted molar refractivity (Wildman–Crippen MR) is 189 cm³/mol. The zero-order valence-electron chi connectivity index (χ0n) is 24.2. The van der Waals surface area contributed by atoms with Crippen molar-refractivity contribution in [2.45, 2.75) is 0 Å². The van der Waals surface area contributed by atoms with E-state index in [0.29, 0.717) is 17.5 Å². The molecule has 3 nitrogen and oxygen atoms in total. The molecule has 0 radical (unpaired) electrons. The molecule has 0 bridgehead atoms. The molecule has 0 saturated carbocycles.